The van der Waals surface area contributed by atoms with Crippen LogP contribution in [0.15, 0.2) is 0 Å². The predicted molar refractivity (Wildman–Crippen MR) is 41.9 cm³/mol. The molecule has 0 aromatic heterocycles. The van der Waals surface area contributed by atoms with Gasteiger partial charge >= 0.3 is 105 Å². The van der Waals surface area contributed by atoms with Gasteiger partial charge in [-0.15, -0.1) is 0 Å². The molecule has 0 spiro atoms. The maximum atomic E-state index is 7.50. The molecule has 6 nitrogen and oxygen atoms in total. The Morgan fingerprint density at radius 3 is 1.19 bits per heavy atom. The van der Waals surface area contributed by atoms with Crippen LogP contribution in [-0.2, 0) is 42.6 Å². The van der Waals surface area contributed by atoms with Crippen molar-refractivity contribution < 1.29 is 42.6 Å². The van der Waals surface area contributed by atoms with Crippen molar-refractivity contribution in [2.45, 2.75) is 12.8 Å². The molecule has 0 aliphatic carbocycles. The van der Waals surface area contributed by atoms with E-state index in [0.717, 1.165) is 0 Å². The quantitative estimate of drug-likeness (QED) is 0.449. The van der Waals surface area contributed by atoms with Crippen LogP contribution in [0.4, 0.5) is 0 Å². The molecule has 1 saturated heterocycles. The van der Waals surface area contributed by atoms with Crippen LogP contribution < -0.4 is 5.32 Å². The summed E-state index contributed by atoms with van der Waals surface area (Å²) >= 11 is 1.61. The van der Waals surface area contributed by atoms with E-state index in [4.69, 9.17) is 23.3 Å². The molecule has 1 heterocycles. The van der Waals surface area contributed by atoms with Gasteiger partial charge in [-0.3, -0.25) is 0 Å². The third-order valence-corrected chi connectivity index (χ3v) is 2.15. The van der Waals surface area contributed by atoms with Crippen LogP contribution >= 0.6 is 0 Å². The van der Waals surface area contributed by atoms with Crippen molar-refractivity contribution in [3.63, 3.8) is 0 Å². The van der Waals surface area contributed by atoms with Gasteiger partial charge in [0.2, 0.25) is 0 Å². The van der Waals surface area contributed by atoms with Crippen LogP contribution in [0.25, 0.3) is 0 Å². The Morgan fingerprint density at radius 1 is 0.812 bits per heavy atom. The standard InChI is InChI=1S/C4H7N.5CO.W/c1-2-4-5-3-1;5*1-2;/h5H,1-3H2;;;;;;. The van der Waals surface area contributed by atoms with Crippen LogP contribution in [0.1, 0.15) is 12.8 Å². The Morgan fingerprint density at radius 2 is 1.12 bits per heavy atom. The predicted octanol–water partition coefficient (Wildman–Crippen LogP) is -0.141. The first-order chi connectivity index (χ1) is 7.89. The summed E-state index contributed by atoms with van der Waals surface area (Å²) < 4.78 is 39.0. The van der Waals surface area contributed by atoms with E-state index in [1.807, 2.05) is 0 Å². The fourth-order valence-corrected chi connectivity index (χ4v) is 1.45. The second-order valence-electron chi connectivity index (χ2n) is 1.45. The second-order valence-corrected chi connectivity index (χ2v) is 3.22. The minimum atomic E-state index is 1.22. The van der Waals surface area contributed by atoms with E-state index in [1.54, 1.807) is 19.4 Å². The zero-order valence-corrected chi connectivity index (χ0v) is 11.0. The average Bonchev–Trinajstić information content (AvgIpc) is 2.92. The summed E-state index contributed by atoms with van der Waals surface area (Å²) in [6.45, 7) is 23.7. The molecule has 0 aromatic carbocycles. The Labute approximate surface area is 105 Å². The molecule has 0 bridgehead atoms. The number of hydrogen-bond acceptors (Lipinski definition) is 1. The zero-order valence-electron chi connectivity index (χ0n) is 8.07. The number of hydrogen-bond donors (Lipinski definition) is 1. The molecular weight excluding hydrogens is 386 g/mol. The van der Waals surface area contributed by atoms with Crippen molar-refractivity contribution in [1.82, 2.24) is 5.32 Å². The Kier molecular flexibility index (Phi) is 118. The van der Waals surface area contributed by atoms with Gasteiger partial charge < -0.3 is 0 Å². The van der Waals surface area contributed by atoms with Crippen molar-refractivity contribution in [2.75, 3.05) is 6.54 Å². The summed E-state index contributed by atoms with van der Waals surface area (Å²) in [7, 11) is 0. The summed E-state index contributed by atoms with van der Waals surface area (Å²) in [5.41, 5.74) is 0. The van der Waals surface area contributed by atoms with Gasteiger partial charge in [0.25, 0.3) is 0 Å². The second kappa shape index (κ2) is 64.2. The van der Waals surface area contributed by atoms with Gasteiger partial charge in [-0.05, 0) is 0 Å². The third kappa shape index (κ3) is 51.0. The van der Waals surface area contributed by atoms with Crippen molar-refractivity contribution in [2.24, 2.45) is 0 Å². The summed E-state index contributed by atoms with van der Waals surface area (Å²) in [5.74, 6) is 0. The zero-order chi connectivity index (χ0) is 14.4. The SMILES string of the molecule is [C-]#[O+].[C-]#[O+].[C-]#[O+].[C-]#[O+].[C-]#[O+].[W]=[C]1CCCN1. The van der Waals surface area contributed by atoms with Crippen molar-refractivity contribution in [3.8, 4) is 0 Å². The molecular formula is C9H7NO5W. The number of rotatable bonds is 0. The molecule has 84 valence electrons. The van der Waals surface area contributed by atoms with Crippen LogP contribution in [0.2, 0.25) is 0 Å². The van der Waals surface area contributed by atoms with Gasteiger partial charge in [0.1, 0.15) is 0 Å². The Hall–Kier alpha value is -0.782. The van der Waals surface area contributed by atoms with E-state index in [9.17, 15) is 0 Å². The molecule has 0 atom stereocenters. The fourth-order valence-electron chi connectivity index (χ4n) is 0.565. The van der Waals surface area contributed by atoms with Crippen LogP contribution in [0, 0.1) is 33.3 Å². The monoisotopic (exact) mass is 393 g/mol. The molecule has 1 fully saturated rings. The molecule has 16 heavy (non-hydrogen) atoms. The first-order valence-corrected chi connectivity index (χ1v) is 4.65. The molecule has 1 N–H and O–H groups in total. The molecule has 0 amide bonds. The first kappa shape index (κ1) is 29.5. The van der Waals surface area contributed by atoms with Crippen LogP contribution in [0.3, 0.4) is 0 Å². The fraction of sp³-hybridized carbons (Fsp3) is 0.333. The average molecular weight is 393 g/mol. The Balaban J connectivity index is -0.0000000351. The van der Waals surface area contributed by atoms with Crippen molar-refractivity contribution in [3.05, 3.63) is 33.3 Å². The maximum absolute atomic E-state index is 7.50. The van der Waals surface area contributed by atoms with Gasteiger partial charge in [0.15, 0.2) is 0 Å². The van der Waals surface area contributed by atoms with Crippen LogP contribution in [0.5, 0.6) is 0 Å². The van der Waals surface area contributed by atoms with E-state index < -0.39 is 0 Å². The van der Waals surface area contributed by atoms with Crippen molar-refractivity contribution in [1.29, 1.82) is 0 Å². The number of nitrogens with one attached hydrogen (secondary N) is 1. The van der Waals surface area contributed by atoms with Gasteiger partial charge in [-0.2, -0.15) is 0 Å². The topological polar surface area (TPSA) is 112 Å². The van der Waals surface area contributed by atoms with E-state index in [1.165, 1.54) is 23.4 Å². The summed E-state index contributed by atoms with van der Waals surface area (Å²) in [5, 5.41) is 3.27. The third-order valence-electron chi connectivity index (χ3n) is 0.903. The Bertz CT molecular complexity index is 185. The normalized spacial score (nSPS) is 9.00. The van der Waals surface area contributed by atoms with Gasteiger partial charge in [-0.25, -0.2) is 0 Å². The van der Waals surface area contributed by atoms with Crippen molar-refractivity contribution >= 4 is 4.02 Å². The van der Waals surface area contributed by atoms with E-state index >= 15 is 0 Å². The molecule has 0 radical (unpaired) electrons. The molecule has 7 heteroatoms. The first-order valence-electron chi connectivity index (χ1n) is 3.18. The molecule has 1 aliphatic heterocycles. The van der Waals surface area contributed by atoms with E-state index in [-0.39, 0.29) is 0 Å². The van der Waals surface area contributed by atoms with Gasteiger partial charge in [0, 0.05) is 0 Å². The van der Waals surface area contributed by atoms with E-state index in [0.29, 0.717) is 0 Å². The molecule has 1 rings (SSSR count). The summed E-state index contributed by atoms with van der Waals surface area (Å²) in [6.07, 6.45) is 2.69. The minimum absolute atomic E-state index is 1.22. The van der Waals surface area contributed by atoms with Gasteiger partial charge in [0.05, 0.1) is 0 Å². The van der Waals surface area contributed by atoms with Crippen LogP contribution in [-0.4, -0.2) is 10.6 Å². The molecule has 1 aliphatic rings. The van der Waals surface area contributed by atoms with E-state index in [2.05, 4.69) is 38.6 Å². The molecule has 0 aromatic rings. The summed E-state index contributed by atoms with van der Waals surface area (Å²) in [4.78, 5) is 0. The molecule has 0 unspecified atom stereocenters. The van der Waals surface area contributed by atoms with Gasteiger partial charge in [-0.1, -0.05) is 0 Å². The molecule has 0 saturated carbocycles. The summed E-state index contributed by atoms with van der Waals surface area (Å²) in [6, 6.07) is 0.